The summed E-state index contributed by atoms with van der Waals surface area (Å²) in [6.07, 6.45) is 1.12. The summed E-state index contributed by atoms with van der Waals surface area (Å²) >= 11 is 1.76. The summed E-state index contributed by atoms with van der Waals surface area (Å²) in [4.78, 5) is 16.1. The monoisotopic (exact) mass is 224 g/mol. The lowest BCUT2D eigenvalue weighted by Gasteiger charge is -2.22. The number of carbonyl (C=O) groups excluding carboxylic acids is 1. The molecule has 1 saturated heterocycles. The Labute approximate surface area is 94.1 Å². The SMILES string of the molecule is CCCN1C(=O)CNC1c1ccc(C)s1. The van der Waals surface area contributed by atoms with E-state index < -0.39 is 0 Å². The highest BCUT2D eigenvalue weighted by atomic mass is 32.1. The summed E-state index contributed by atoms with van der Waals surface area (Å²) < 4.78 is 0. The van der Waals surface area contributed by atoms with Gasteiger partial charge in [0, 0.05) is 16.3 Å². The van der Waals surface area contributed by atoms with Crippen molar-refractivity contribution in [1.29, 1.82) is 0 Å². The van der Waals surface area contributed by atoms with E-state index in [0.717, 1.165) is 13.0 Å². The van der Waals surface area contributed by atoms with E-state index in [1.54, 1.807) is 11.3 Å². The Morgan fingerprint density at radius 1 is 1.60 bits per heavy atom. The van der Waals surface area contributed by atoms with Gasteiger partial charge < -0.3 is 4.90 Å². The molecule has 1 unspecified atom stereocenters. The molecule has 1 amide bonds. The molecule has 0 aliphatic carbocycles. The first-order chi connectivity index (χ1) is 7.22. The van der Waals surface area contributed by atoms with Gasteiger partial charge in [0.15, 0.2) is 0 Å². The number of aryl methyl sites for hydroxylation is 1. The third-order valence-electron chi connectivity index (χ3n) is 2.57. The van der Waals surface area contributed by atoms with E-state index in [1.165, 1.54) is 9.75 Å². The minimum atomic E-state index is 0.108. The molecule has 0 radical (unpaired) electrons. The number of thiophene rings is 1. The lowest BCUT2D eigenvalue weighted by Crippen LogP contribution is -2.30. The van der Waals surface area contributed by atoms with Crippen molar-refractivity contribution in [3.63, 3.8) is 0 Å². The summed E-state index contributed by atoms with van der Waals surface area (Å²) in [7, 11) is 0. The van der Waals surface area contributed by atoms with E-state index in [-0.39, 0.29) is 12.1 Å². The van der Waals surface area contributed by atoms with Crippen LogP contribution in [0.3, 0.4) is 0 Å². The first-order valence-electron chi connectivity index (χ1n) is 5.31. The molecule has 1 aliphatic rings. The normalized spacial score (nSPS) is 21.3. The highest BCUT2D eigenvalue weighted by Crippen LogP contribution is 2.28. The predicted molar refractivity (Wildman–Crippen MR) is 61.8 cm³/mol. The van der Waals surface area contributed by atoms with Crippen LogP contribution in [0.5, 0.6) is 0 Å². The van der Waals surface area contributed by atoms with Crippen LogP contribution in [0.1, 0.15) is 29.3 Å². The van der Waals surface area contributed by atoms with Gasteiger partial charge in [-0.1, -0.05) is 6.92 Å². The fourth-order valence-corrected chi connectivity index (χ4v) is 2.86. The van der Waals surface area contributed by atoms with Gasteiger partial charge in [0.1, 0.15) is 6.17 Å². The number of nitrogens with one attached hydrogen (secondary N) is 1. The van der Waals surface area contributed by atoms with E-state index in [0.29, 0.717) is 6.54 Å². The van der Waals surface area contributed by atoms with Crippen LogP contribution in [0.15, 0.2) is 12.1 Å². The van der Waals surface area contributed by atoms with Gasteiger partial charge in [-0.2, -0.15) is 0 Å². The highest BCUT2D eigenvalue weighted by Gasteiger charge is 2.31. The summed E-state index contributed by atoms with van der Waals surface area (Å²) in [6.45, 7) is 5.51. The van der Waals surface area contributed by atoms with E-state index >= 15 is 0 Å². The van der Waals surface area contributed by atoms with E-state index in [4.69, 9.17) is 0 Å². The van der Waals surface area contributed by atoms with Crippen LogP contribution < -0.4 is 5.32 Å². The lowest BCUT2D eigenvalue weighted by atomic mass is 10.3. The number of nitrogens with zero attached hydrogens (tertiary/aromatic N) is 1. The summed E-state index contributed by atoms with van der Waals surface area (Å²) in [5, 5.41) is 3.26. The molecule has 0 bridgehead atoms. The van der Waals surface area contributed by atoms with Crippen molar-refractivity contribution < 1.29 is 4.79 Å². The zero-order chi connectivity index (χ0) is 10.8. The maximum atomic E-state index is 11.6. The zero-order valence-electron chi connectivity index (χ0n) is 9.12. The quantitative estimate of drug-likeness (QED) is 0.850. The Balaban J connectivity index is 2.18. The van der Waals surface area contributed by atoms with Crippen molar-refractivity contribution in [2.24, 2.45) is 0 Å². The Kier molecular flexibility index (Phi) is 3.07. The van der Waals surface area contributed by atoms with Crippen LogP contribution in [0.2, 0.25) is 0 Å². The minimum Gasteiger partial charge on any atom is -0.321 e. The molecule has 1 N–H and O–H groups in total. The summed E-state index contributed by atoms with van der Waals surface area (Å²) in [5.74, 6) is 0.216. The number of hydrogen-bond acceptors (Lipinski definition) is 3. The molecule has 0 aromatic carbocycles. The van der Waals surface area contributed by atoms with Gasteiger partial charge in [-0.15, -0.1) is 11.3 Å². The molecule has 1 aromatic heterocycles. The molecule has 15 heavy (non-hydrogen) atoms. The zero-order valence-corrected chi connectivity index (χ0v) is 9.93. The van der Waals surface area contributed by atoms with Crippen molar-refractivity contribution in [1.82, 2.24) is 10.2 Å². The Morgan fingerprint density at radius 2 is 2.40 bits per heavy atom. The molecule has 1 atom stereocenters. The van der Waals surface area contributed by atoms with Gasteiger partial charge in [-0.05, 0) is 25.5 Å². The van der Waals surface area contributed by atoms with Gasteiger partial charge in [-0.25, -0.2) is 0 Å². The van der Waals surface area contributed by atoms with Gasteiger partial charge in [-0.3, -0.25) is 10.1 Å². The van der Waals surface area contributed by atoms with Crippen LogP contribution in [-0.4, -0.2) is 23.9 Å². The molecule has 3 nitrogen and oxygen atoms in total. The van der Waals surface area contributed by atoms with E-state index in [9.17, 15) is 4.79 Å². The molecule has 2 heterocycles. The highest BCUT2D eigenvalue weighted by molar-refractivity contribution is 7.12. The third kappa shape index (κ3) is 2.06. The third-order valence-corrected chi connectivity index (χ3v) is 3.63. The number of hydrogen-bond donors (Lipinski definition) is 1. The number of amides is 1. The Bertz CT molecular complexity index is 361. The van der Waals surface area contributed by atoms with Crippen LogP contribution in [0, 0.1) is 6.92 Å². The molecule has 0 spiro atoms. The van der Waals surface area contributed by atoms with E-state index in [1.807, 2.05) is 4.90 Å². The summed E-state index contributed by atoms with van der Waals surface area (Å²) in [5.41, 5.74) is 0. The fraction of sp³-hybridized carbons (Fsp3) is 0.545. The van der Waals surface area contributed by atoms with Crippen molar-refractivity contribution in [2.75, 3.05) is 13.1 Å². The maximum absolute atomic E-state index is 11.6. The van der Waals surface area contributed by atoms with Gasteiger partial charge >= 0.3 is 0 Å². The summed E-state index contributed by atoms with van der Waals surface area (Å²) in [6, 6.07) is 4.22. The maximum Gasteiger partial charge on any atom is 0.238 e. The average molecular weight is 224 g/mol. The molecule has 4 heteroatoms. The van der Waals surface area contributed by atoms with Crippen molar-refractivity contribution in [3.05, 3.63) is 21.9 Å². The topological polar surface area (TPSA) is 32.3 Å². The second-order valence-electron chi connectivity index (χ2n) is 3.82. The van der Waals surface area contributed by atoms with Crippen LogP contribution in [0.25, 0.3) is 0 Å². The molecule has 1 aliphatic heterocycles. The molecular weight excluding hydrogens is 208 g/mol. The van der Waals surface area contributed by atoms with E-state index in [2.05, 4.69) is 31.3 Å². The Morgan fingerprint density at radius 3 is 3.00 bits per heavy atom. The lowest BCUT2D eigenvalue weighted by molar-refractivity contribution is -0.128. The van der Waals surface area contributed by atoms with Crippen molar-refractivity contribution in [3.8, 4) is 0 Å². The van der Waals surface area contributed by atoms with Crippen molar-refractivity contribution in [2.45, 2.75) is 26.4 Å². The molecule has 1 fully saturated rings. The standard InChI is InChI=1S/C11H16N2OS/c1-3-6-13-10(14)7-12-11(13)9-5-4-8(2)15-9/h4-5,11-12H,3,6-7H2,1-2H3. The molecule has 1 aromatic rings. The molecule has 2 rings (SSSR count). The fourth-order valence-electron chi connectivity index (χ4n) is 1.89. The largest absolute Gasteiger partial charge is 0.321 e. The second-order valence-corrected chi connectivity index (χ2v) is 5.14. The molecule has 82 valence electrons. The van der Waals surface area contributed by atoms with Crippen molar-refractivity contribution >= 4 is 17.2 Å². The van der Waals surface area contributed by atoms with Gasteiger partial charge in [0.25, 0.3) is 0 Å². The van der Waals surface area contributed by atoms with Crippen LogP contribution in [-0.2, 0) is 4.79 Å². The second kappa shape index (κ2) is 4.33. The van der Waals surface area contributed by atoms with Crippen LogP contribution >= 0.6 is 11.3 Å². The first kappa shape index (κ1) is 10.6. The smallest absolute Gasteiger partial charge is 0.238 e. The van der Waals surface area contributed by atoms with Gasteiger partial charge in [0.2, 0.25) is 5.91 Å². The van der Waals surface area contributed by atoms with Gasteiger partial charge in [0.05, 0.1) is 6.54 Å². The Hall–Kier alpha value is -0.870. The number of rotatable bonds is 3. The minimum absolute atomic E-state index is 0.108. The van der Waals surface area contributed by atoms with Crippen LogP contribution in [0.4, 0.5) is 0 Å². The average Bonchev–Trinajstić information content (AvgIpc) is 2.76. The molecular formula is C11H16N2OS. The molecule has 0 saturated carbocycles. The predicted octanol–water partition coefficient (Wildman–Crippen LogP) is 1.90. The number of carbonyl (C=O) groups is 1. The first-order valence-corrected chi connectivity index (χ1v) is 6.13.